The molecule has 0 radical (unpaired) electrons. The van der Waals surface area contributed by atoms with Crippen molar-refractivity contribution in [3.05, 3.63) is 58.1 Å². The third-order valence-corrected chi connectivity index (χ3v) is 3.14. The number of hydrogen-bond donors (Lipinski definition) is 1. The molecule has 3 heteroatoms. The summed E-state index contributed by atoms with van der Waals surface area (Å²) in [5, 5.41) is 0. The molecule has 18 heavy (non-hydrogen) atoms. The van der Waals surface area contributed by atoms with Crippen molar-refractivity contribution >= 4 is 12.2 Å². The van der Waals surface area contributed by atoms with Gasteiger partial charge in [0.1, 0.15) is 10.5 Å². The van der Waals surface area contributed by atoms with Crippen LogP contribution in [0.1, 0.15) is 36.8 Å². The number of aromatic amines is 1. The number of aromatic nitrogens is 2. The molecule has 0 spiro atoms. The van der Waals surface area contributed by atoms with E-state index in [1.54, 1.807) is 0 Å². The van der Waals surface area contributed by atoms with Crippen LogP contribution < -0.4 is 0 Å². The van der Waals surface area contributed by atoms with Gasteiger partial charge in [-0.25, -0.2) is 4.98 Å². The Morgan fingerprint density at radius 1 is 1.17 bits per heavy atom. The van der Waals surface area contributed by atoms with E-state index in [1.807, 2.05) is 12.1 Å². The predicted octanol–water partition coefficient (Wildman–Crippen LogP) is 4.05. The number of aryl methyl sites for hydroxylation is 2. The smallest absolute Gasteiger partial charge is 0.129 e. The average Bonchev–Trinajstić information content (AvgIpc) is 2.37. The first kappa shape index (κ1) is 13.0. The molecule has 94 valence electrons. The molecule has 2 aromatic rings. The SMILES string of the molecule is CC(C)c1cc(=S)nc(CCc2ccccc2)[nH]1. The molecule has 0 saturated carbocycles. The molecule has 0 unspecified atom stereocenters. The van der Waals surface area contributed by atoms with Crippen molar-refractivity contribution in [3.63, 3.8) is 0 Å². The quantitative estimate of drug-likeness (QED) is 0.838. The summed E-state index contributed by atoms with van der Waals surface area (Å²) in [5.41, 5.74) is 2.49. The maximum Gasteiger partial charge on any atom is 0.129 e. The van der Waals surface area contributed by atoms with E-state index in [9.17, 15) is 0 Å². The molecule has 0 fully saturated rings. The van der Waals surface area contributed by atoms with Crippen molar-refractivity contribution in [1.82, 2.24) is 9.97 Å². The minimum absolute atomic E-state index is 0.449. The van der Waals surface area contributed by atoms with Gasteiger partial charge in [0.2, 0.25) is 0 Å². The predicted molar refractivity (Wildman–Crippen MR) is 77.4 cm³/mol. The van der Waals surface area contributed by atoms with E-state index in [0.29, 0.717) is 10.6 Å². The molecule has 0 aliphatic heterocycles. The van der Waals surface area contributed by atoms with Crippen LogP contribution in [-0.4, -0.2) is 9.97 Å². The van der Waals surface area contributed by atoms with E-state index in [0.717, 1.165) is 24.4 Å². The summed E-state index contributed by atoms with van der Waals surface area (Å²) in [6.07, 6.45) is 1.88. The molecule has 1 aromatic carbocycles. The lowest BCUT2D eigenvalue weighted by molar-refractivity contribution is 0.768. The fourth-order valence-electron chi connectivity index (χ4n) is 1.87. The van der Waals surface area contributed by atoms with E-state index < -0.39 is 0 Å². The Bertz CT molecular complexity index is 558. The molecule has 0 aliphatic rings. The normalized spacial score (nSPS) is 10.8. The Hall–Kier alpha value is -1.48. The zero-order valence-corrected chi connectivity index (χ0v) is 11.6. The highest BCUT2D eigenvalue weighted by atomic mass is 32.1. The van der Waals surface area contributed by atoms with Gasteiger partial charge in [0, 0.05) is 12.1 Å². The molecule has 0 atom stereocenters. The van der Waals surface area contributed by atoms with Crippen molar-refractivity contribution < 1.29 is 0 Å². The second-order valence-corrected chi connectivity index (χ2v) is 5.18. The number of H-pyrrole nitrogens is 1. The highest BCUT2D eigenvalue weighted by molar-refractivity contribution is 7.71. The van der Waals surface area contributed by atoms with Gasteiger partial charge in [-0.05, 0) is 24.0 Å². The summed E-state index contributed by atoms with van der Waals surface area (Å²) in [7, 11) is 0. The highest BCUT2D eigenvalue weighted by Gasteiger charge is 2.03. The topological polar surface area (TPSA) is 28.7 Å². The van der Waals surface area contributed by atoms with Crippen LogP contribution in [0.2, 0.25) is 0 Å². The first-order valence-corrected chi connectivity index (χ1v) is 6.70. The van der Waals surface area contributed by atoms with E-state index in [-0.39, 0.29) is 0 Å². The average molecular weight is 258 g/mol. The van der Waals surface area contributed by atoms with Gasteiger partial charge < -0.3 is 4.98 Å². The molecular weight excluding hydrogens is 240 g/mol. The minimum atomic E-state index is 0.449. The lowest BCUT2D eigenvalue weighted by atomic mass is 10.1. The summed E-state index contributed by atoms with van der Waals surface area (Å²) < 4.78 is 0.681. The second kappa shape index (κ2) is 5.91. The van der Waals surface area contributed by atoms with Gasteiger partial charge in [-0.15, -0.1) is 0 Å². The second-order valence-electron chi connectivity index (χ2n) is 4.76. The molecule has 1 aromatic heterocycles. The lowest BCUT2D eigenvalue weighted by Crippen LogP contribution is -2.03. The van der Waals surface area contributed by atoms with Crippen LogP contribution in [0.15, 0.2) is 36.4 Å². The van der Waals surface area contributed by atoms with Crippen molar-refractivity contribution in [2.45, 2.75) is 32.6 Å². The van der Waals surface area contributed by atoms with Gasteiger partial charge >= 0.3 is 0 Å². The Kier molecular flexibility index (Phi) is 4.26. The van der Waals surface area contributed by atoms with E-state index in [1.165, 1.54) is 5.56 Å². The molecule has 0 amide bonds. The molecule has 1 heterocycles. The van der Waals surface area contributed by atoms with Crippen LogP contribution in [0, 0.1) is 4.64 Å². The van der Waals surface area contributed by atoms with Crippen molar-refractivity contribution in [1.29, 1.82) is 0 Å². The van der Waals surface area contributed by atoms with E-state index in [2.05, 4.69) is 48.1 Å². The minimum Gasteiger partial charge on any atom is -0.347 e. The molecule has 1 N–H and O–H groups in total. The molecule has 2 rings (SSSR count). The van der Waals surface area contributed by atoms with Gasteiger partial charge in [-0.2, -0.15) is 0 Å². The maximum absolute atomic E-state index is 5.21. The zero-order chi connectivity index (χ0) is 13.0. The number of benzene rings is 1. The van der Waals surface area contributed by atoms with Crippen LogP contribution in [-0.2, 0) is 12.8 Å². The summed E-state index contributed by atoms with van der Waals surface area (Å²) >= 11 is 5.21. The number of rotatable bonds is 4. The van der Waals surface area contributed by atoms with E-state index >= 15 is 0 Å². The Balaban J connectivity index is 2.12. The van der Waals surface area contributed by atoms with Crippen LogP contribution in [0.3, 0.4) is 0 Å². The molecule has 0 saturated heterocycles. The van der Waals surface area contributed by atoms with Crippen LogP contribution in [0.5, 0.6) is 0 Å². The van der Waals surface area contributed by atoms with Crippen molar-refractivity contribution in [2.24, 2.45) is 0 Å². The summed E-state index contributed by atoms with van der Waals surface area (Å²) in [5.74, 6) is 1.43. The standard InChI is InChI=1S/C15H18N2S/c1-11(2)13-10-15(18)17-14(16-13)9-8-12-6-4-3-5-7-12/h3-7,10-11H,8-9H2,1-2H3,(H,16,17,18). The van der Waals surface area contributed by atoms with E-state index in [4.69, 9.17) is 12.2 Å². The monoisotopic (exact) mass is 258 g/mol. The van der Waals surface area contributed by atoms with Crippen molar-refractivity contribution in [3.8, 4) is 0 Å². The largest absolute Gasteiger partial charge is 0.347 e. The fourth-order valence-corrected chi connectivity index (χ4v) is 2.10. The van der Waals surface area contributed by atoms with Crippen LogP contribution in [0.4, 0.5) is 0 Å². The summed E-state index contributed by atoms with van der Waals surface area (Å²) in [6.45, 7) is 4.31. The van der Waals surface area contributed by atoms with Gasteiger partial charge in [0.05, 0.1) is 0 Å². The van der Waals surface area contributed by atoms with Gasteiger partial charge in [0.25, 0.3) is 0 Å². The van der Waals surface area contributed by atoms with Gasteiger partial charge in [-0.1, -0.05) is 56.4 Å². The lowest BCUT2D eigenvalue weighted by Gasteiger charge is -2.08. The van der Waals surface area contributed by atoms with Crippen LogP contribution >= 0.6 is 12.2 Å². The molecule has 2 nitrogen and oxygen atoms in total. The number of hydrogen-bond acceptors (Lipinski definition) is 2. The van der Waals surface area contributed by atoms with Gasteiger partial charge in [-0.3, -0.25) is 0 Å². The fraction of sp³-hybridized carbons (Fsp3) is 0.333. The zero-order valence-electron chi connectivity index (χ0n) is 10.8. The Morgan fingerprint density at radius 3 is 2.56 bits per heavy atom. The maximum atomic E-state index is 5.21. The van der Waals surface area contributed by atoms with Gasteiger partial charge in [0.15, 0.2) is 0 Å². The molecule has 0 aliphatic carbocycles. The Morgan fingerprint density at radius 2 is 1.89 bits per heavy atom. The summed E-state index contributed by atoms with van der Waals surface area (Å²) in [4.78, 5) is 7.77. The number of nitrogens with zero attached hydrogens (tertiary/aromatic N) is 1. The Labute approximate surface area is 113 Å². The number of nitrogens with one attached hydrogen (secondary N) is 1. The third-order valence-electron chi connectivity index (χ3n) is 2.93. The highest BCUT2D eigenvalue weighted by Crippen LogP contribution is 2.12. The first-order valence-electron chi connectivity index (χ1n) is 6.29. The first-order chi connectivity index (χ1) is 8.65. The molecule has 0 bridgehead atoms. The summed E-state index contributed by atoms with van der Waals surface area (Å²) in [6, 6.07) is 12.4. The molecular formula is C15H18N2S. The van der Waals surface area contributed by atoms with Crippen LogP contribution in [0.25, 0.3) is 0 Å². The van der Waals surface area contributed by atoms with Crippen molar-refractivity contribution in [2.75, 3.05) is 0 Å². The third kappa shape index (κ3) is 3.50.